The number of alkyl halides is 3. The van der Waals surface area contributed by atoms with Gasteiger partial charge in [-0.15, -0.1) is 0 Å². The van der Waals surface area contributed by atoms with Crippen LogP contribution in [0.15, 0.2) is 54.6 Å². The highest BCUT2D eigenvalue weighted by molar-refractivity contribution is 6.01. The van der Waals surface area contributed by atoms with E-state index in [2.05, 4.69) is 6.92 Å². The molecule has 1 aliphatic carbocycles. The zero-order chi connectivity index (χ0) is 29.5. The van der Waals surface area contributed by atoms with Gasteiger partial charge in [-0.3, -0.25) is 4.39 Å². The minimum atomic E-state index is -3.01. The zero-order valence-electron chi connectivity index (χ0n) is 23.2. The third-order valence-corrected chi connectivity index (χ3v) is 8.05. The van der Waals surface area contributed by atoms with Crippen molar-refractivity contribution in [3.05, 3.63) is 105 Å². The Hall–Kier alpha value is -3.48. The second-order valence-electron chi connectivity index (χ2n) is 10.7. The van der Waals surface area contributed by atoms with Crippen LogP contribution < -0.4 is 0 Å². The Morgan fingerprint density at radius 3 is 2.37 bits per heavy atom. The first-order chi connectivity index (χ1) is 19.7. The van der Waals surface area contributed by atoms with Crippen LogP contribution in [-0.4, -0.2) is 17.8 Å². The average Bonchev–Trinajstić information content (AvgIpc) is 3.15. The van der Waals surface area contributed by atoms with E-state index in [1.165, 1.54) is 6.07 Å². The van der Waals surface area contributed by atoms with E-state index in [0.29, 0.717) is 47.4 Å². The predicted molar refractivity (Wildman–Crippen MR) is 152 cm³/mol. The molecule has 0 aromatic heterocycles. The number of halogens is 5. The average molecular weight is 571 g/mol. The lowest BCUT2D eigenvalue weighted by molar-refractivity contribution is 0.0696. The molecular weight excluding hydrogens is 535 g/mol. The number of carboxylic acid groups (broad SMARTS) is 1. The third-order valence-electron chi connectivity index (χ3n) is 8.05. The molecule has 7 heteroatoms. The molecule has 0 saturated carbocycles. The van der Waals surface area contributed by atoms with E-state index in [1.807, 2.05) is 24.3 Å². The van der Waals surface area contributed by atoms with Gasteiger partial charge in [-0.1, -0.05) is 62.9 Å². The number of benzene rings is 3. The van der Waals surface area contributed by atoms with Crippen LogP contribution in [0.3, 0.4) is 0 Å². The second kappa shape index (κ2) is 13.9. The van der Waals surface area contributed by atoms with E-state index in [1.54, 1.807) is 12.1 Å². The maximum atomic E-state index is 15.3. The fourth-order valence-electron chi connectivity index (χ4n) is 5.85. The first-order valence-electron chi connectivity index (χ1n) is 14.3. The number of fused-ring (bicyclic) bond motifs is 1. The standard InChI is InChI=1S/C34H35F5O2/c1-2-21(7-4-3-5-18-35)19-22-10-12-23(13-11-22)30-26-15-14-25(34(40)41)20-24(26)8-6-9-27(30)31-28(33(38)39)16-17-29(36)32(31)37/h10-17,20-21,33H,2-9,18-19H2,1H3,(H,40,41). The normalized spacial score (nSPS) is 14.2. The molecule has 3 aromatic rings. The van der Waals surface area contributed by atoms with Gasteiger partial charge in [0.05, 0.1) is 12.2 Å². The van der Waals surface area contributed by atoms with Crippen molar-refractivity contribution in [1.29, 1.82) is 0 Å². The predicted octanol–water partition coefficient (Wildman–Crippen LogP) is 9.99. The summed E-state index contributed by atoms with van der Waals surface area (Å²) in [6.07, 6.45) is 3.36. The molecule has 41 heavy (non-hydrogen) atoms. The van der Waals surface area contributed by atoms with E-state index < -0.39 is 35.2 Å². The van der Waals surface area contributed by atoms with Crippen LogP contribution in [0.4, 0.5) is 22.0 Å². The van der Waals surface area contributed by atoms with Crippen molar-refractivity contribution in [2.24, 2.45) is 5.92 Å². The van der Waals surface area contributed by atoms with Gasteiger partial charge in [-0.05, 0) is 95.7 Å². The SMILES string of the molecule is CCC(CCCCCF)Cc1ccc(C2=C(c3c(C(F)F)ccc(F)c3F)CCCc3cc(C(=O)O)ccc32)cc1. The lowest BCUT2D eigenvalue weighted by Gasteiger charge is -2.20. The Morgan fingerprint density at radius 2 is 1.71 bits per heavy atom. The number of hydrogen-bond acceptors (Lipinski definition) is 1. The van der Waals surface area contributed by atoms with Gasteiger partial charge in [0.15, 0.2) is 11.6 Å². The van der Waals surface area contributed by atoms with Gasteiger partial charge < -0.3 is 5.11 Å². The Bertz CT molecular complexity index is 1390. The molecule has 3 aromatic carbocycles. The van der Waals surface area contributed by atoms with Crippen molar-refractivity contribution in [2.75, 3.05) is 6.67 Å². The van der Waals surface area contributed by atoms with Crippen molar-refractivity contribution in [3.8, 4) is 0 Å². The van der Waals surface area contributed by atoms with E-state index in [0.717, 1.165) is 49.8 Å². The fourth-order valence-corrected chi connectivity index (χ4v) is 5.85. The molecule has 0 fully saturated rings. The van der Waals surface area contributed by atoms with Crippen LogP contribution in [0.25, 0.3) is 11.1 Å². The van der Waals surface area contributed by atoms with Crippen LogP contribution in [-0.2, 0) is 12.8 Å². The molecule has 0 bridgehead atoms. The summed E-state index contributed by atoms with van der Waals surface area (Å²) in [5.74, 6) is -3.15. The Labute approximate surface area is 237 Å². The molecule has 0 aliphatic heterocycles. The minimum absolute atomic E-state index is 0.101. The number of aromatic carboxylic acids is 1. The van der Waals surface area contributed by atoms with Gasteiger partial charge in [0.2, 0.25) is 0 Å². The highest BCUT2D eigenvalue weighted by Gasteiger charge is 2.28. The maximum Gasteiger partial charge on any atom is 0.335 e. The summed E-state index contributed by atoms with van der Waals surface area (Å²) in [5, 5.41) is 9.53. The van der Waals surface area contributed by atoms with Crippen LogP contribution in [0.1, 0.15) is 102 Å². The van der Waals surface area contributed by atoms with E-state index >= 15 is 4.39 Å². The minimum Gasteiger partial charge on any atom is -0.478 e. The Balaban J connectivity index is 1.83. The lowest BCUT2D eigenvalue weighted by Crippen LogP contribution is -2.06. The van der Waals surface area contributed by atoms with Crippen molar-refractivity contribution < 1.29 is 31.9 Å². The summed E-state index contributed by atoms with van der Waals surface area (Å²) >= 11 is 0. The van der Waals surface area contributed by atoms with Crippen LogP contribution in [0.2, 0.25) is 0 Å². The van der Waals surface area contributed by atoms with E-state index in [-0.39, 0.29) is 24.2 Å². The molecule has 1 atom stereocenters. The maximum absolute atomic E-state index is 15.3. The van der Waals surface area contributed by atoms with Crippen LogP contribution >= 0.6 is 0 Å². The molecule has 1 unspecified atom stereocenters. The molecule has 218 valence electrons. The molecular formula is C34H35F5O2. The monoisotopic (exact) mass is 570 g/mol. The van der Waals surface area contributed by atoms with Crippen LogP contribution in [0.5, 0.6) is 0 Å². The van der Waals surface area contributed by atoms with Crippen molar-refractivity contribution in [1.82, 2.24) is 0 Å². The number of aryl methyl sites for hydroxylation is 1. The molecule has 1 N–H and O–H groups in total. The zero-order valence-corrected chi connectivity index (χ0v) is 23.2. The van der Waals surface area contributed by atoms with Crippen LogP contribution in [0, 0.1) is 17.6 Å². The van der Waals surface area contributed by atoms with Crippen molar-refractivity contribution in [3.63, 3.8) is 0 Å². The van der Waals surface area contributed by atoms with Gasteiger partial charge in [0.25, 0.3) is 6.43 Å². The van der Waals surface area contributed by atoms with Crippen molar-refractivity contribution >= 4 is 17.1 Å². The Morgan fingerprint density at radius 1 is 0.951 bits per heavy atom. The third kappa shape index (κ3) is 7.06. The smallest absolute Gasteiger partial charge is 0.335 e. The quantitative estimate of drug-likeness (QED) is 0.174. The summed E-state index contributed by atoms with van der Waals surface area (Å²) in [6, 6.07) is 14.0. The first kappa shape index (κ1) is 30.5. The number of allylic oxidation sites excluding steroid dienone is 1. The summed E-state index contributed by atoms with van der Waals surface area (Å²) in [7, 11) is 0. The molecule has 0 radical (unpaired) electrons. The number of hydrogen-bond donors (Lipinski definition) is 1. The van der Waals surface area contributed by atoms with Crippen molar-refractivity contribution in [2.45, 2.75) is 71.1 Å². The number of carbonyl (C=O) groups is 1. The number of carboxylic acids is 1. The first-order valence-corrected chi connectivity index (χ1v) is 14.3. The highest BCUT2D eigenvalue weighted by Crippen LogP contribution is 2.44. The largest absolute Gasteiger partial charge is 0.478 e. The second-order valence-corrected chi connectivity index (χ2v) is 10.7. The van der Waals surface area contributed by atoms with Gasteiger partial charge in [0, 0.05) is 11.1 Å². The van der Waals surface area contributed by atoms with Gasteiger partial charge in [0.1, 0.15) is 0 Å². The molecule has 2 nitrogen and oxygen atoms in total. The lowest BCUT2D eigenvalue weighted by atomic mass is 9.84. The number of rotatable bonds is 12. The fraction of sp³-hybridized carbons (Fsp3) is 0.382. The molecule has 0 saturated heterocycles. The summed E-state index contributed by atoms with van der Waals surface area (Å²) in [5.41, 5.74) is 2.99. The number of unbranched alkanes of at least 4 members (excludes halogenated alkanes) is 2. The molecule has 0 amide bonds. The van der Waals surface area contributed by atoms with Gasteiger partial charge in [-0.2, -0.15) is 0 Å². The van der Waals surface area contributed by atoms with E-state index in [9.17, 15) is 27.5 Å². The Kier molecular flexibility index (Phi) is 10.4. The van der Waals surface area contributed by atoms with E-state index in [4.69, 9.17) is 0 Å². The summed E-state index contributed by atoms with van der Waals surface area (Å²) in [6.45, 7) is 1.84. The molecule has 0 spiro atoms. The highest BCUT2D eigenvalue weighted by atomic mass is 19.3. The molecule has 1 aliphatic rings. The molecule has 4 rings (SSSR count). The molecule has 0 heterocycles. The summed E-state index contributed by atoms with van der Waals surface area (Å²) in [4.78, 5) is 11.7. The summed E-state index contributed by atoms with van der Waals surface area (Å²) < 4.78 is 70.4. The van der Waals surface area contributed by atoms with Gasteiger partial charge in [-0.25, -0.2) is 22.4 Å². The topological polar surface area (TPSA) is 37.3 Å². The van der Waals surface area contributed by atoms with Gasteiger partial charge >= 0.3 is 5.97 Å².